The van der Waals surface area contributed by atoms with Crippen LogP contribution < -0.4 is 11.1 Å². The Kier molecular flexibility index (Phi) is 5.81. The molecule has 2 nitrogen and oxygen atoms in total. The Bertz CT molecular complexity index is 451. The fraction of sp³-hybridized carbons (Fsp3) is 0.600. The molecule has 1 saturated carbocycles. The zero-order valence-electron chi connectivity index (χ0n) is 11.8. The topological polar surface area (TPSA) is 38.0 Å². The van der Waals surface area contributed by atoms with Gasteiger partial charge in [0.25, 0.3) is 0 Å². The van der Waals surface area contributed by atoms with Crippen LogP contribution in [0.3, 0.4) is 0 Å². The zero-order valence-corrected chi connectivity index (χ0v) is 12.6. The van der Waals surface area contributed by atoms with Crippen molar-refractivity contribution >= 4 is 17.4 Å². The van der Waals surface area contributed by atoms with Gasteiger partial charge in [-0.15, -0.1) is 11.8 Å². The van der Waals surface area contributed by atoms with Gasteiger partial charge in [-0.1, -0.05) is 25.0 Å². The van der Waals surface area contributed by atoms with Crippen LogP contribution in [-0.2, 0) is 0 Å². The van der Waals surface area contributed by atoms with Crippen LogP contribution in [0.5, 0.6) is 0 Å². The lowest BCUT2D eigenvalue weighted by atomic mass is 9.84. The SMILES string of the molecule is NCC1CCCCC1Nc1ccccc1SCC(F)(F)F. The molecule has 21 heavy (non-hydrogen) atoms. The second kappa shape index (κ2) is 7.40. The van der Waals surface area contributed by atoms with Gasteiger partial charge in [0.15, 0.2) is 0 Å². The van der Waals surface area contributed by atoms with Crippen molar-refractivity contribution in [3.63, 3.8) is 0 Å². The average molecular weight is 318 g/mol. The summed E-state index contributed by atoms with van der Waals surface area (Å²) in [5.74, 6) is -0.462. The summed E-state index contributed by atoms with van der Waals surface area (Å²) in [7, 11) is 0. The number of hydrogen-bond donors (Lipinski definition) is 2. The van der Waals surface area contributed by atoms with E-state index in [0.29, 0.717) is 17.4 Å². The van der Waals surface area contributed by atoms with Crippen LogP contribution in [0.25, 0.3) is 0 Å². The van der Waals surface area contributed by atoms with Crippen LogP contribution in [0.15, 0.2) is 29.2 Å². The van der Waals surface area contributed by atoms with Gasteiger partial charge in [-0.2, -0.15) is 13.2 Å². The van der Waals surface area contributed by atoms with Crippen molar-refractivity contribution < 1.29 is 13.2 Å². The van der Waals surface area contributed by atoms with Crippen LogP contribution in [0.1, 0.15) is 25.7 Å². The molecule has 1 aliphatic carbocycles. The summed E-state index contributed by atoms with van der Waals surface area (Å²) >= 11 is 0.833. The third-order valence-corrected chi connectivity index (χ3v) is 4.97. The number of nitrogens with one attached hydrogen (secondary N) is 1. The number of hydrogen-bond acceptors (Lipinski definition) is 3. The zero-order chi connectivity index (χ0) is 15.3. The van der Waals surface area contributed by atoms with Gasteiger partial charge in [-0.05, 0) is 37.4 Å². The summed E-state index contributed by atoms with van der Waals surface area (Å²) in [4.78, 5) is 0.649. The van der Waals surface area contributed by atoms with Crippen LogP contribution in [0, 0.1) is 5.92 Å². The van der Waals surface area contributed by atoms with E-state index in [1.807, 2.05) is 12.1 Å². The molecule has 2 unspecified atom stereocenters. The first kappa shape index (κ1) is 16.5. The van der Waals surface area contributed by atoms with Gasteiger partial charge in [0.1, 0.15) is 0 Å². The minimum absolute atomic E-state index is 0.261. The van der Waals surface area contributed by atoms with E-state index < -0.39 is 11.9 Å². The number of thioether (sulfide) groups is 1. The molecule has 1 aromatic rings. The highest BCUT2D eigenvalue weighted by Crippen LogP contribution is 2.34. The highest BCUT2D eigenvalue weighted by atomic mass is 32.2. The number of anilines is 1. The van der Waals surface area contributed by atoms with Crippen molar-refractivity contribution in [1.82, 2.24) is 0 Å². The smallest absolute Gasteiger partial charge is 0.381 e. The van der Waals surface area contributed by atoms with Gasteiger partial charge in [0, 0.05) is 16.6 Å². The molecule has 0 aliphatic heterocycles. The lowest BCUT2D eigenvalue weighted by Crippen LogP contribution is -2.36. The van der Waals surface area contributed by atoms with Crippen LogP contribution in [-0.4, -0.2) is 24.5 Å². The van der Waals surface area contributed by atoms with Gasteiger partial charge < -0.3 is 11.1 Å². The van der Waals surface area contributed by atoms with Gasteiger partial charge in [-0.3, -0.25) is 0 Å². The molecule has 0 bridgehead atoms. The fourth-order valence-electron chi connectivity index (χ4n) is 2.75. The summed E-state index contributed by atoms with van der Waals surface area (Å²) < 4.78 is 37.2. The van der Waals surface area contributed by atoms with E-state index in [2.05, 4.69) is 5.32 Å². The van der Waals surface area contributed by atoms with E-state index in [9.17, 15) is 13.2 Å². The molecule has 6 heteroatoms. The van der Waals surface area contributed by atoms with E-state index in [1.165, 1.54) is 6.42 Å². The Morgan fingerprint density at radius 1 is 1.19 bits per heavy atom. The highest BCUT2D eigenvalue weighted by Gasteiger charge is 2.28. The van der Waals surface area contributed by atoms with Gasteiger partial charge >= 0.3 is 6.18 Å². The normalized spacial score (nSPS) is 23.0. The first-order valence-electron chi connectivity index (χ1n) is 7.25. The van der Waals surface area contributed by atoms with Crippen LogP contribution in [0.4, 0.5) is 18.9 Å². The third kappa shape index (κ3) is 5.11. The maximum absolute atomic E-state index is 12.4. The first-order chi connectivity index (χ1) is 9.99. The van der Waals surface area contributed by atoms with Crippen LogP contribution in [0.2, 0.25) is 0 Å². The molecule has 0 spiro atoms. The minimum atomic E-state index is -4.15. The fourth-order valence-corrected chi connectivity index (χ4v) is 3.53. The number of halogens is 3. The third-order valence-electron chi connectivity index (χ3n) is 3.83. The van der Waals surface area contributed by atoms with Crippen molar-refractivity contribution in [3.8, 4) is 0 Å². The van der Waals surface area contributed by atoms with E-state index in [4.69, 9.17) is 5.73 Å². The number of alkyl halides is 3. The molecule has 0 aromatic heterocycles. The molecule has 1 fully saturated rings. The quantitative estimate of drug-likeness (QED) is 0.796. The van der Waals surface area contributed by atoms with Crippen molar-refractivity contribution in [3.05, 3.63) is 24.3 Å². The summed E-state index contributed by atoms with van der Waals surface area (Å²) in [5.41, 5.74) is 6.60. The molecule has 0 radical (unpaired) electrons. The molecule has 1 aliphatic rings. The molecule has 0 amide bonds. The maximum Gasteiger partial charge on any atom is 0.398 e. The van der Waals surface area contributed by atoms with Crippen molar-refractivity contribution in [2.75, 3.05) is 17.6 Å². The standard InChI is InChI=1S/C15H21F3N2S/c16-15(17,18)10-21-14-8-4-3-7-13(14)20-12-6-2-1-5-11(12)9-19/h3-4,7-8,11-12,20H,1-2,5-6,9-10,19H2. The monoisotopic (exact) mass is 318 g/mol. The number of para-hydroxylation sites is 1. The van der Waals surface area contributed by atoms with Crippen molar-refractivity contribution in [2.24, 2.45) is 11.7 Å². The summed E-state index contributed by atoms with van der Waals surface area (Å²) in [6.07, 6.45) is 0.297. The molecule has 0 saturated heterocycles. The Morgan fingerprint density at radius 3 is 2.62 bits per heavy atom. The van der Waals surface area contributed by atoms with E-state index in [-0.39, 0.29) is 6.04 Å². The molecule has 118 valence electrons. The average Bonchev–Trinajstić information content (AvgIpc) is 2.46. The number of benzene rings is 1. The van der Waals surface area contributed by atoms with Gasteiger partial charge in [0.05, 0.1) is 5.75 Å². The second-order valence-corrected chi connectivity index (χ2v) is 6.45. The predicted molar refractivity (Wildman–Crippen MR) is 81.6 cm³/mol. The van der Waals surface area contributed by atoms with E-state index in [0.717, 1.165) is 36.7 Å². The molecule has 1 aromatic carbocycles. The van der Waals surface area contributed by atoms with Gasteiger partial charge in [-0.25, -0.2) is 0 Å². The molecule has 3 N–H and O–H groups in total. The maximum atomic E-state index is 12.4. The van der Waals surface area contributed by atoms with Gasteiger partial charge in [0.2, 0.25) is 0 Å². The molecular weight excluding hydrogens is 297 g/mol. The summed E-state index contributed by atoms with van der Waals surface area (Å²) in [6.45, 7) is 0.621. The molecule has 2 rings (SSSR count). The van der Waals surface area contributed by atoms with Crippen LogP contribution >= 0.6 is 11.8 Å². The Labute approximate surface area is 127 Å². The second-order valence-electron chi connectivity index (χ2n) is 5.43. The highest BCUT2D eigenvalue weighted by molar-refractivity contribution is 7.99. The first-order valence-corrected chi connectivity index (χ1v) is 8.23. The van der Waals surface area contributed by atoms with E-state index in [1.54, 1.807) is 12.1 Å². The van der Waals surface area contributed by atoms with Crippen molar-refractivity contribution in [1.29, 1.82) is 0 Å². The number of nitrogens with two attached hydrogens (primary N) is 1. The van der Waals surface area contributed by atoms with E-state index >= 15 is 0 Å². The molecular formula is C15H21F3N2S. The summed E-state index contributed by atoms with van der Waals surface area (Å²) in [6, 6.07) is 7.46. The predicted octanol–water partition coefficient (Wildman–Crippen LogP) is 4.27. The van der Waals surface area contributed by atoms with Crippen molar-refractivity contribution in [2.45, 2.75) is 42.8 Å². The Hall–Kier alpha value is -0.880. The minimum Gasteiger partial charge on any atom is -0.381 e. The lowest BCUT2D eigenvalue weighted by Gasteiger charge is -2.32. The Balaban J connectivity index is 2.05. The number of rotatable bonds is 5. The summed E-state index contributed by atoms with van der Waals surface area (Å²) in [5, 5.41) is 3.42. The molecule has 2 atom stereocenters. The lowest BCUT2D eigenvalue weighted by molar-refractivity contribution is -0.105. The Morgan fingerprint density at radius 2 is 1.90 bits per heavy atom. The molecule has 0 heterocycles. The largest absolute Gasteiger partial charge is 0.398 e.